The fraction of sp³-hybridized carbons (Fsp3) is 0.294. The van der Waals surface area contributed by atoms with Crippen molar-refractivity contribution in [3.05, 3.63) is 64.4 Å². The molecule has 0 bridgehead atoms. The van der Waals surface area contributed by atoms with Gasteiger partial charge in [0.05, 0.1) is 7.11 Å². The van der Waals surface area contributed by atoms with E-state index in [2.05, 4.69) is 12.2 Å². The van der Waals surface area contributed by atoms with E-state index in [-0.39, 0.29) is 17.6 Å². The summed E-state index contributed by atoms with van der Waals surface area (Å²) >= 11 is 5.87. The zero-order valence-electron chi connectivity index (χ0n) is 12.2. The Hall–Kier alpha value is -1.58. The Labute approximate surface area is 129 Å². The molecule has 2 aromatic carbocycles. The van der Waals surface area contributed by atoms with E-state index in [0.29, 0.717) is 6.54 Å². The van der Waals surface area contributed by atoms with Crippen molar-refractivity contribution in [2.45, 2.75) is 25.9 Å². The molecule has 4 heteroatoms. The molecule has 0 amide bonds. The van der Waals surface area contributed by atoms with Crippen LogP contribution in [0, 0.1) is 5.82 Å². The van der Waals surface area contributed by atoms with E-state index in [4.69, 9.17) is 16.3 Å². The summed E-state index contributed by atoms with van der Waals surface area (Å²) in [5.41, 5.74) is 2.12. The van der Waals surface area contributed by atoms with E-state index in [1.54, 1.807) is 6.07 Å². The van der Waals surface area contributed by atoms with Crippen LogP contribution in [0.1, 0.15) is 18.1 Å². The van der Waals surface area contributed by atoms with Gasteiger partial charge in [-0.05, 0) is 48.7 Å². The highest BCUT2D eigenvalue weighted by molar-refractivity contribution is 6.30. The molecular weight excluding hydrogens is 289 g/mol. The molecule has 0 saturated heterocycles. The van der Waals surface area contributed by atoms with Crippen LogP contribution in [-0.4, -0.2) is 13.2 Å². The quantitative estimate of drug-likeness (QED) is 0.863. The van der Waals surface area contributed by atoms with Crippen molar-refractivity contribution in [3.8, 4) is 5.75 Å². The average molecular weight is 308 g/mol. The molecule has 0 heterocycles. The van der Waals surface area contributed by atoms with E-state index in [1.165, 1.54) is 18.7 Å². The van der Waals surface area contributed by atoms with Gasteiger partial charge in [-0.2, -0.15) is 0 Å². The lowest BCUT2D eigenvalue weighted by molar-refractivity contribution is 0.386. The second kappa shape index (κ2) is 7.43. The summed E-state index contributed by atoms with van der Waals surface area (Å²) in [5, 5.41) is 4.13. The number of nitrogens with one attached hydrogen (secondary N) is 1. The predicted octanol–water partition coefficient (Wildman–Crippen LogP) is 4.21. The van der Waals surface area contributed by atoms with Gasteiger partial charge < -0.3 is 10.1 Å². The van der Waals surface area contributed by atoms with Gasteiger partial charge in [-0.1, -0.05) is 29.8 Å². The molecule has 112 valence electrons. The zero-order chi connectivity index (χ0) is 15.2. The van der Waals surface area contributed by atoms with Gasteiger partial charge in [0.2, 0.25) is 0 Å². The second-order valence-corrected chi connectivity index (χ2v) is 5.52. The van der Waals surface area contributed by atoms with Crippen LogP contribution in [0.5, 0.6) is 5.75 Å². The fourth-order valence-electron chi connectivity index (χ4n) is 2.16. The smallest absolute Gasteiger partial charge is 0.165 e. The van der Waals surface area contributed by atoms with Gasteiger partial charge in [0, 0.05) is 17.6 Å². The molecule has 0 radical (unpaired) electrons. The van der Waals surface area contributed by atoms with Crippen LogP contribution < -0.4 is 10.1 Å². The first-order chi connectivity index (χ1) is 10.1. The number of halogens is 2. The molecule has 0 aromatic heterocycles. The van der Waals surface area contributed by atoms with Gasteiger partial charge in [-0.25, -0.2) is 4.39 Å². The molecule has 21 heavy (non-hydrogen) atoms. The Morgan fingerprint density at radius 3 is 2.43 bits per heavy atom. The fourth-order valence-corrected chi connectivity index (χ4v) is 2.28. The Bertz CT molecular complexity index is 586. The van der Waals surface area contributed by atoms with Crippen molar-refractivity contribution in [2.75, 3.05) is 7.11 Å². The number of rotatable bonds is 6. The highest BCUT2D eigenvalue weighted by atomic mass is 35.5. The van der Waals surface area contributed by atoms with Crippen LogP contribution in [-0.2, 0) is 13.0 Å². The molecule has 0 fully saturated rings. The van der Waals surface area contributed by atoms with Gasteiger partial charge in [0.1, 0.15) is 0 Å². The lowest BCUT2D eigenvalue weighted by Gasteiger charge is -2.14. The zero-order valence-corrected chi connectivity index (χ0v) is 13.0. The molecule has 2 nitrogen and oxygen atoms in total. The monoisotopic (exact) mass is 307 g/mol. The third kappa shape index (κ3) is 4.73. The van der Waals surface area contributed by atoms with Gasteiger partial charge in [-0.15, -0.1) is 0 Å². The van der Waals surface area contributed by atoms with Gasteiger partial charge in [-0.3, -0.25) is 0 Å². The van der Waals surface area contributed by atoms with Crippen molar-refractivity contribution < 1.29 is 9.13 Å². The normalized spacial score (nSPS) is 12.2. The molecule has 0 aliphatic heterocycles. The standard InChI is InChI=1S/C17H19ClFNO/c1-12(9-13-3-6-15(18)7-4-13)20-11-14-5-8-17(21-2)16(19)10-14/h3-8,10,12,20H,9,11H2,1-2H3. The topological polar surface area (TPSA) is 21.3 Å². The summed E-state index contributed by atoms with van der Waals surface area (Å²) in [6.45, 7) is 2.73. The maximum absolute atomic E-state index is 13.6. The lowest BCUT2D eigenvalue weighted by atomic mass is 10.1. The van der Waals surface area contributed by atoms with Crippen LogP contribution >= 0.6 is 11.6 Å². The average Bonchev–Trinajstić information content (AvgIpc) is 2.48. The van der Waals surface area contributed by atoms with Crippen LogP contribution in [0.4, 0.5) is 4.39 Å². The molecule has 2 aromatic rings. The Kier molecular flexibility index (Phi) is 5.59. The van der Waals surface area contributed by atoms with Crippen LogP contribution in [0.3, 0.4) is 0 Å². The first kappa shape index (κ1) is 15.8. The third-order valence-electron chi connectivity index (χ3n) is 3.33. The van der Waals surface area contributed by atoms with Crippen molar-refractivity contribution in [3.63, 3.8) is 0 Å². The van der Waals surface area contributed by atoms with E-state index in [1.807, 2.05) is 30.3 Å². The largest absolute Gasteiger partial charge is 0.494 e. The maximum Gasteiger partial charge on any atom is 0.165 e. The van der Waals surface area contributed by atoms with Crippen molar-refractivity contribution in [1.82, 2.24) is 5.32 Å². The number of methoxy groups -OCH3 is 1. The van der Waals surface area contributed by atoms with Crippen molar-refractivity contribution >= 4 is 11.6 Å². The summed E-state index contributed by atoms with van der Waals surface area (Å²) in [6, 6.07) is 13.1. The molecule has 1 N–H and O–H groups in total. The summed E-state index contributed by atoms with van der Waals surface area (Å²) in [5.74, 6) is -0.0601. The van der Waals surface area contributed by atoms with E-state index < -0.39 is 0 Å². The molecule has 1 unspecified atom stereocenters. The molecule has 2 rings (SSSR count). The third-order valence-corrected chi connectivity index (χ3v) is 3.58. The molecule has 0 spiro atoms. The predicted molar refractivity (Wildman–Crippen MR) is 84.4 cm³/mol. The molecular formula is C17H19ClFNO. The number of hydrogen-bond donors (Lipinski definition) is 1. The number of hydrogen-bond acceptors (Lipinski definition) is 2. The first-order valence-corrected chi connectivity index (χ1v) is 7.26. The number of benzene rings is 2. The SMILES string of the molecule is COc1ccc(CNC(C)Cc2ccc(Cl)cc2)cc1F. The summed E-state index contributed by atoms with van der Waals surface area (Å²) in [4.78, 5) is 0. The number of ether oxygens (including phenoxy) is 1. The summed E-state index contributed by atoms with van der Waals surface area (Å²) < 4.78 is 18.5. The molecule has 0 saturated carbocycles. The first-order valence-electron chi connectivity index (χ1n) is 6.88. The Morgan fingerprint density at radius 2 is 1.81 bits per heavy atom. The van der Waals surface area contributed by atoms with E-state index in [9.17, 15) is 4.39 Å². The van der Waals surface area contributed by atoms with Crippen LogP contribution in [0.15, 0.2) is 42.5 Å². The highest BCUT2D eigenvalue weighted by Crippen LogP contribution is 2.17. The van der Waals surface area contributed by atoms with Crippen molar-refractivity contribution in [2.24, 2.45) is 0 Å². The minimum absolute atomic E-state index is 0.271. The molecule has 0 aliphatic rings. The minimum Gasteiger partial charge on any atom is -0.494 e. The second-order valence-electron chi connectivity index (χ2n) is 5.08. The molecule has 1 atom stereocenters. The van der Waals surface area contributed by atoms with E-state index in [0.717, 1.165) is 17.0 Å². The molecule has 0 aliphatic carbocycles. The van der Waals surface area contributed by atoms with Gasteiger partial charge >= 0.3 is 0 Å². The van der Waals surface area contributed by atoms with E-state index >= 15 is 0 Å². The van der Waals surface area contributed by atoms with Gasteiger partial charge in [0.15, 0.2) is 11.6 Å². The lowest BCUT2D eigenvalue weighted by Crippen LogP contribution is -2.27. The maximum atomic E-state index is 13.6. The minimum atomic E-state index is -0.331. The Balaban J connectivity index is 1.87. The Morgan fingerprint density at radius 1 is 1.14 bits per heavy atom. The summed E-state index contributed by atoms with van der Waals surface area (Å²) in [6.07, 6.45) is 0.899. The van der Waals surface area contributed by atoms with Crippen LogP contribution in [0.25, 0.3) is 0 Å². The van der Waals surface area contributed by atoms with Gasteiger partial charge in [0.25, 0.3) is 0 Å². The summed E-state index contributed by atoms with van der Waals surface area (Å²) in [7, 11) is 1.46. The van der Waals surface area contributed by atoms with Crippen molar-refractivity contribution in [1.29, 1.82) is 0 Å². The highest BCUT2D eigenvalue weighted by Gasteiger charge is 2.06. The van der Waals surface area contributed by atoms with Crippen LogP contribution in [0.2, 0.25) is 5.02 Å².